The third-order valence-corrected chi connectivity index (χ3v) is 4.88. The fourth-order valence-electron chi connectivity index (χ4n) is 3.13. The van der Waals surface area contributed by atoms with E-state index in [1.807, 2.05) is 31.3 Å². The van der Waals surface area contributed by atoms with E-state index >= 15 is 0 Å². The van der Waals surface area contributed by atoms with Gasteiger partial charge in [-0.25, -0.2) is 4.68 Å². The molecule has 1 saturated carbocycles. The molecule has 3 aromatic rings. The molecule has 6 heteroatoms. The standard InChI is InChI=1S/C22H20N4O2/c1-26-22(11-19(25-26)16-5-6-16)28-21-10-14(12-23)2-9-18(21)15-3-7-17(8-4-15)20(27)13-24/h2-4,7-11,16H,5-6,13,24H2,1H3. The van der Waals surface area contributed by atoms with E-state index in [-0.39, 0.29) is 12.3 Å². The number of aromatic nitrogens is 2. The molecule has 0 saturated heterocycles. The van der Waals surface area contributed by atoms with Crippen LogP contribution in [0.25, 0.3) is 11.1 Å². The van der Waals surface area contributed by atoms with Crippen molar-refractivity contribution < 1.29 is 9.53 Å². The number of ketones is 1. The zero-order valence-electron chi connectivity index (χ0n) is 15.6. The zero-order chi connectivity index (χ0) is 19.7. The van der Waals surface area contributed by atoms with Crippen LogP contribution in [0.4, 0.5) is 0 Å². The first-order chi connectivity index (χ1) is 13.6. The highest BCUT2D eigenvalue weighted by atomic mass is 16.5. The maximum Gasteiger partial charge on any atom is 0.217 e. The van der Waals surface area contributed by atoms with Crippen molar-refractivity contribution in [2.45, 2.75) is 18.8 Å². The molecule has 0 radical (unpaired) electrons. The largest absolute Gasteiger partial charge is 0.439 e. The van der Waals surface area contributed by atoms with Gasteiger partial charge in [0, 0.05) is 30.2 Å². The lowest BCUT2D eigenvalue weighted by Crippen LogP contribution is -2.13. The summed E-state index contributed by atoms with van der Waals surface area (Å²) in [5, 5.41) is 13.8. The van der Waals surface area contributed by atoms with Crippen LogP contribution in [0, 0.1) is 11.3 Å². The molecule has 2 aromatic carbocycles. The quantitative estimate of drug-likeness (QED) is 0.665. The fraction of sp³-hybridized carbons (Fsp3) is 0.227. The van der Waals surface area contributed by atoms with Crippen LogP contribution in [-0.2, 0) is 7.05 Å². The Bertz CT molecular complexity index is 1070. The summed E-state index contributed by atoms with van der Waals surface area (Å²) in [5.74, 6) is 1.63. The van der Waals surface area contributed by atoms with Gasteiger partial charge in [0.1, 0.15) is 5.75 Å². The first kappa shape index (κ1) is 18.0. The molecule has 1 heterocycles. The number of nitrogens with two attached hydrogens (primary N) is 1. The van der Waals surface area contributed by atoms with E-state index < -0.39 is 0 Å². The average molecular weight is 372 g/mol. The Hall–Kier alpha value is -3.43. The lowest BCUT2D eigenvalue weighted by atomic mass is 10.0. The van der Waals surface area contributed by atoms with Gasteiger partial charge in [0.15, 0.2) is 5.78 Å². The number of aryl methyl sites for hydroxylation is 1. The molecule has 1 aliphatic carbocycles. The SMILES string of the molecule is Cn1nc(C2CC2)cc1Oc1cc(C#N)ccc1-c1ccc(C(=O)CN)cc1. The minimum absolute atomic E-state index is 0.0195. The Morgan fingerprint density at radius 3 is 2.64 bits per heavy atom. The smallest absolute Gasteiger partial charge is 0.217 e. The number of nitriles is 1. The van der Waals surface area contributed by atoms with Gasteiger partial charge in [0.2, 0.25) is 5.88 Å². The van der Waals surface area contributed by atoms with Crippen LogP contribution in [0.3, 0.4) is 0 Å². The van der Waals surface area contributed by atoms with Crippen molar-refractivity contribution in [3.63, 3.8) is 0 Å². The average Bonchev–Trinajstić information content (AvgIpc) is 3.51. The van der Waals surface area contributed by atoms with Gasteiger partial charge in [0.25, 0.3) is 0 Å². The van der Waals surface area contributed by atoms with Gasteiger partial charge in [0.05, 0.1) is 23.9 Å². The fourth-order valence-corrected chi connectivity index (χ4v) is 3.13. The first-order valence-electron chi connectivity index (χ1n) is 9.18. The molecule has 1 aliphatic rings. The van der Waals surface area contributed by atoms with Crippen molar-refractivity contribution in [2.75, 3.05) is 6.54 Å². The summed E-state index contributed by atoms with van der Waals surface area (Å²) >= 11 is 0. The number of benzene rings is 2. The number of nitrogens with zero attached hydrogens (tertiary/aromatic N) is 3. The monoisotopic (exact) mass is 372 g/mol. The lowest BCUT2D eigenvalue weighted by molar-refractivity contribution is 0.100. The van der Waals surface area contributed by atoms with E-state index in [4.69, 9.17) is 10.5 Å². The Labute approximate surface area is 163 Å². The van der Waals surface area contributed by atoms with Crippen molar-refractivity contribution in [3.05, 3.63) is 65.4 Å². The predicted molar refractivity (Wildman–Crippen MR) is 105 cm³/mol. The molecule has 0 atom stereocenters. The van der Waals surface area contributed by atoms with E-state index in [0.29, 0.717) is 28.7 Å². The summed E-state index contributed by atoms with van der Waals surface area (Å²) in [6.45, 7) is -0.0195. The third kappa shape index (κ3) is 3.53. The van der Waals surface area contributed by atoms with Crippen LogP contribution >= 0.6 is 0 Å². The van der Waals surface area contributed by atoms with Crippen LogP contribution in [0.2, 0.25) is 0 Å². The number of carbonyl (C=O) groups excluding carboxylic acids is 1. The third-order valence-electron chi connectivity index (χ3n) is 4.88. The second kappa shape index (κ2) is 7.29. The number of Topliss-reactive ketones (excluding diaryl/α,β-unsaturated/α-hetero) is 1. The van der Waals surface area contributed by atoms with Crippen LogP contribution in [-0.4, -0.2) is 22.1 Å². The van der Waals surface area contributed by atoms with Crippen LogP contribution < -0.4 is 10.5 Å². The Morgan fingerprint density at radius 1 is 1.25 bits per heavy atom. The normalized spacial score (nSPS) is 13.2. The molecular formula is C22H20N4O2. The molecular weight excluding hydrogens is 352 g/mol. The maximum atomic E-state index is 11.8. The molecule has 0 amide bonds. The van der Waals surface area contributed by atoms with Crippen molar-refractivity contribution in [3.8, 4) is 28.8 Å². The number of hydrogen-bond acceptors (Lipinski definition) is 5. The van der Waals surface area contributed by atoms with E-state index in [1.54, 1.807) is 28.9 Å². The second-order valence-corrected chi connectivity index (χ2v) is 6.93. The molecule has 0 spiro atoms. The summed E-state index contributed by atoms with van der Waals surface area (Å²) in [6.07, 6.45) is 2.33. The van der Waals surface area contributed by atoms with Gasteiger partial charge >= 0.3 is 0 Å². The molecule has 2 N–H and O–H groups in total. The minimum Gasteiger partial charge on any atom is -0.439 e. The summed E-state index contributed by atoms with van der Waals surface area (Å²) in [5.41, 5.74) is 9.27. The number of hydrogen-bond donors (Lipinski definition) is 1. The number of rotatable bonds is 6. The maximum absolute atomic E-state index is 11.8. The van der Waals surface area contributed by atoms with Crippen LogP contribution in [0.1, 0.15) is 40.4 Å². The van der Waals surface area contributed by atoms with Gasteiger partial charge in [-0.3, -0.25) is 4.79 Å². The van der Waals surface area contributed by atoms with E-state index in [9.17, 15) is 10.1 Å². The van der Waals surface area contributed by atoms with Gasteiger partial charge in [-0.05, 0) is 36.6 Å². The number of carbonyl (C=O) groups is 1. The van der Waals surface area contributed by atoms with E-state index in [0.717, 1.165) is 16.8 Å². The van der Waals surface area contributed by atoms with Gasteiger partial charge < -0.3 is 10.5 Å². The zero-order valence-corrected chi connectivity index (χ0v) is 15.6. The van der Waals surface area contributed by atoms with Crippen LogP contribution in [0.15, 0.2) is 48.5 Å². The second-order valence-electron chi connectivity index (χ2n) is 6.93. The van der Waals surface area contributed by atoms with Gasteiger partial charge in [-0.1, -0.05) is 24.3 Å². The summed E-state index contributed by atoms with van der Waals surface area (Å²) in [7, 11) is 1.85. The van der Waals surface area contributed by atoms with E-state index in [1.165, 1.54) is 12.8 Å². The Morgan fingerprint density at radius 2 is 2.00 bits per heavy atom. The van der Waals surface area contributed by atoms with Crippen molar-refractivity contribution in [1.82, 2.24) is 9.78 Å². The minimum atomic E-state index is -0.106. The molecule has 1 fully saturated rings. The Balaban J connectivity index is 1.70. The Kier molecular flexibility index (Phi) is 4.68. The molecule has 4 rings (SSSR count). The summed E-state index contributed by atoms with van der Waals surface area (Å²) in [6, 6.07) is 16.7. The predicted octanol–water partition coefficient (Wildman–Crippen LogP) is 3.77. The summed E-state index contributed by atoms with van der Waals surface area (Å²) in [4.78, 5) is 11.8. The van der Waals surface area contributed by atoms with Gasteiger partial charge in [-0.15, -0.1) is 0 Å². The molecule has 0 bridgehead atoms. The molecule has 1 aromatic heterocycles. The van der Waals surface area contributed by atoms with Gasteiger partial charge in [-0.2, -0.15) is 10.4 Å². The highest BCUT2D eigenvalue weighted by molar-refractivity contribution is 5.97. The van der Waals surface area contributed by atoms with Crippen molar-refractivity contribution in [1.29, 1.82) is 5.26 Å². The molecule has 0 aliphatic heterocycles. The number of ether oxygens (including phenoxy) is 1. The summed E-state index contributed by atoms with van der Waals surface area (Å²) < 4.78 is 7.88. The highest BCUT2D eigenvalue weighted by Gasteiger charge is 2.27. The van der Waals surface area contributed by atoms with Crippen molar-refractivity contribution >= 4 is 5.78 Å². The molecule has 140 valence electrons. The van der Waals surface area contributed by atoms with Crippen molar-refractivity contribution in [2.24, 2.45) is 12.8 Å². The first-order valence-corrected chi connectivity index (χ1v) is 9.18. The molecule has 6 nitrogen and oxygen atoms in total. The van der Waals surface area contributed by atoms with E-state index in [2.05, 4.69) is 11.2 Å². The highest BCUT2D eigenvalue weighted by Crippen LogP contribution is 2.41. The molecule has 0 unspecified atom stereocenters. The molecule has 28 heavy (non-hydrogen) atoms. The topological polar surface area (TPSA) is 93.9 Å². The lowest BCUT2D eigenvalue weighted by Gasteiger charge is -2.12. The van der Waals surface area contributed by atoms with Crippen LogP contribution in [0.5, 0.6) is 11.6 Å².